The number of aromatic nitrogens is 2. The maximum atomic E-state index is 12.4. The van der Waals surface area contributed by atoms with Gasteiger partial charge in [0.25, 0.3) is 5.56 Å². The minimum Gasteiger partial charge on any atom is -0.493 e. The molecule has 4 rings (SSSR count). The fourth-order valence-corrected chi connectivity index (χ4v) is 3.39. The number of rotatable bonds is 6. The van der Waals surface area contributed by atoms with Crippen LogP contribution in [-0.2, 0) is 6.61 Å². The number of hydrogen-bond acceptors (Lipinski definition) is 5. The molecule has 0 fully saturated rings. The lowest BCUT2D eigenvalue weighted by molar-refractivity contribution is 0.284. The van der Waals surface area contributed by atoms with Crippen LogP contribution in [-0.4, -0.2) is 17.1 Å². The number of nitrogens with zero attached hydrogens (tertiary/aromatic N) is 2. The molecule has 0 atom stereocenters. The molecule has 7 heteroatoms. The number of methoxy groups -OCH3 is 1. The van der Waals surface area contributed by atoms with E-state index in [0.717, 1.165) is 5.56 Å². The van der Waals surface area contributed by atoms with E-state index in [4.69, 9.17) is 21.1 Å². The van der Waals surface area contributed by atoms with Crippen molar-refractivity contribution in [3.8, 4) is 17.6 Å². The monoisotopic (exact) mass is 443 g/mol. The molecule has 1 N–H and O–H groups in total. The molecule has 0 saturated heterocycles. The summed E-state index contributed by atoms with van der Waals surface area (Å²) < 4.78 is 11.3. The first-order valence-electron chi connectivity index (χ1n) is 9.74. The lowest BCUT2D eigenvalue weighted by Crippen LogP contribution is -2.11. The summed E-state index contributed by atoms with van der Waals surface area (Å²) in [4.78, 5) is 19.5. The summed E-state index contributed by atoms with van der Waals surface area (Å²) in [6.45, 7) is 0.289. The largest absolute Gasteiger partial charge is 0.493 e. The summed E-state index contributed by atoms with van der Waals surface area (Å²) in [5, 5.41) is 10.8. The van der Waals surface area contributed by atoms with Crippen molar-refractivity contribution in [1.82, 2.24) is 9.97 Å². The van der Waals surface area contributed by atoms with E-state index in [2.05, 4.69) is 16.0 Å². The van der Waals surface area contributed by atoms with E-state index >= 15 is 0 Å². The highest BCUT2D eigenvalue weighted by atomic mass is 35.5. The zero-order valence-electron chi connectivity index (χ0n) is 17.1. The van der Waals surface area contributed by atoms with Gasteiger partial charge in [0.1, 0.15) is 12.7 Å². The molecule has 6 nitrogen and oxygen atoms in total. The number of benzene rings is 3. The minimum absolute atomic E-state index is 0.203. The highest BCUT2D eigenvalue weighted by Crippen LogP contribution is 2.31. The summed E-state index contributed by atoms with van der Waals surface area (Å²) in [7, 11) is 1.54. The second-order valence-electron chi connectivity index (χ2n) is 6.89. The molecular formula is C25H18ClN3O3. The van der Waals surface area contributed by atoms with Gasteiger partial charge >= 0.3 is 0 Å². The fourth-order valence-electron chi connectivity index (χ4n) is 3.20. The Kier molecular flexibility index (Phi) is 6.20. The maximum Gasteiger partial charge on any atom is 0.259 e. The predicted molar refractivity (Wildman–Crippen MR) is 125 cm³/mol. The second kappa shape index (κ2) is 9.38. The lowest BCUT2D eigenvalue weighted by atomic mass is 10.1. The van der Waals surface area contributed by atoms with Gasteiger partial charge in [-0.2, -0.15) is 5.26 Å². The van der Waals surface area contributed by atoms with Gasteiger partial charge in [-0.05, 0) is 42.0 Å². The molecule has 0 aliphatic carbocycles. The fraction of sp³-hybridized carbons (Fsp3) is 0.0800. The van der Waals surface area contributed by atoms with Crippen LogP contribution in [0.25, 0.3) is 22.6 Å². The van der Waals surface area contributed by atoms with Crippen LogP contribution in [0.2, 0.25) is 5.02 Å². The highest BCUT2D eigenvalue weighted by Gasteiger charge is 2.11. The Morgan fingerprint density at radius 1 is 1.12 bits per heavy atom. The van der Waals surface area contributed by atoms with Crippen LogP contribution in [0.3, 0.4) is 0 Å². The molecule has 1 aromatic heterocycles. The first kappa shape index (κ1) is 21.2. The molecule has 32 heavy (non-hydrogen) atoms. The number of ether oxygens (including phenoxy) is 2. The molecule has 158 valence electrons. The van der Waals surface area contributed by atoms with E-state index in [9.17, 15) is 10.1 Å². The smallest absolute Gasteiger partial charge is 0.259 e. The molecule has 0 aliphatic rings. The summed E-state index contributed by atoms with van der Waals surface area (Å²) in [5.41, 5.74) is 2.00. The van der Waals surface area contributed by atoms with E-state index in [1.807, 2.05) is 18.2 Å². The Hall–Kier alpha value is -4.08. The van der Waals surface area contributed by atoms with Crippen molar-refractivity contribution in [1.29, 1.82) is 5.26 Å². The van der Waals surface area contributed by atoms with Crippen LogP contribution >= 0.6 is 11.6 Å². The molecule has 4 aromatic rings. The van der Waals surface area contributed by atoms with Crippen LogP contribution in [0.1, 0.15) is 17.0 Å². The van der Waals surface area contributed by atoms with Gasteiger partial charge in [0.15, 0.2) is 17.3 Å². The molecule has 0 unspecified atom stereocenters. The van der Waals surface area contributed by atoms with E-state index in [1.54, 1.807) is 61.7 Å². The molecule has 0 saturated carbocycles. The predicted octanol–water partition coefficient (Wildman–Crippen LogP) is 5.23. The molecule has 0 bridgehead atoms. The van der Waals surface area contributed by atoms with Gasteiger partial charge in [-0.25, -0.2) is 4.98 Å². The Labute approximate surface area is 189 Å². The van der Waals surface area contributed by atoms with Crippen LogP contribution in [0.5, 0.6) is 11.5 Å². The van der Waals surface area contributed by atoms with Gasteiger partial charge in [0.05, 0.1) is 23.6 Å². The maximum absolute atomic E-state index is 12.4. The zero-order chi connectivity index (χ0) is 22.5. The van der Waals surface area contributed by atoms with Crippen molar-refractivity contribution < 1.29 is 9.47 Å². The molecule has 3 aromatic carbocycles. The SMILES string of the molecule is COc1cc(C=C(C#N)c2nc3ccccc3c(=O)[nH]2)ccc1OCc1ccccc1Cl. The molecule has 0 spiro atoms. The van der Waals surface area contributed by atoms with Crippen molar-refractivity contribution in [2.75, 3.05) is 7.11 Å². The van der Waals surface area contributed by atoms with Gasteiger partial charge in [-0.1, -0.05) is 48.0 Å². The van der Waals surface area contributed by atoms with Gasteiger partial charge in [0, 0.05) is 10.6 Å². The first-order valence-corrected chi connectivity index (χ1v) is 10.1. The summed E-state index contributed by atoms with van der Waals surface area (Å²) in [5.74, 6) is 1.25. The van der Waals surface area contributed by atoms with Crippen LogP contribution < -0.4 is 15.0 Å². The van der Waals surface area contributed by atoms with Gasteiger partial charge in [-0.15, -0.1) is 0 Å². The van der Waals surface area contributed by atoms with E-state index in [0.29, 0.717) is 33.0 Å². The Bertz CT molecular complexity index is 1420. The number of nitriles is 1. The topological polar surface area (TPSA) is 88.0 Å². The number of aromatic amines is 1. The standard InChI is InChI=1S/C25H18ClN3O3/c1-31-23-13-16(10-11-22(23)32-15-17-6-2-4-8-20(17)26)12-18(14-27)24-28-21-9-5-3-7-19(21)25(30)29-24/h2-13H,15H2,1H3,(H,28,29,30). The van der Waals surface area contributed by atoms with Crippen molar-refractivity contribution in [3.63, 3.8) is 0 Å². The third-order valence-electron chi connectivity index (χ3n) is 4.83. The summed E-state index contributed by atoms with van der Waals surface area (Å²) in [6, 6.07) is 21.8. The van der Waals surface area contributed by atoms with Crippen molar-refractivity contribution in [2.45, 2.75) is 6.61 Å². The van der Waals surface area contributed by atoms with E-state index < -0.39 is 0 Å². The van der Waals surface area contributed by atoms with E-state index in [1.165, 1.54) is 0 Å². The molecule has 1 heterocycles. The quantitative estimate of drug-likeness (QED) is 0.412. The van der Waals surface area contributed by atoms with Crippen molar-refractivity contribution in [2.24, 2.45) is 0 Å². The second-order valence-corrected chi connectivity index (χ2v) is 7.30. The number of fused-ring (bicyclic) bond motifs is 1. The molecule has 0 aliphatic heterocycles. The molecular weight excluding hydrogens is 426 g/mol. The summed E-state index contributed by atoms with van der Waals surface area (Å²) in [6.07, 6.45) is 1.63. The van der Waals surface area contributed by atoms with Crippen LogP contribution in [0.15, 0.2) is 71.5 Å². The van der Waals surface area contributed by atoms with E-state index in [-0.39, 0.29) is 23.6 Å². The van der Waals surface area contributed by atoms with Crippen LogP contribution in [0.4, 0.5) is 0 Å². The van der Waals surface area contributed by atoms with Gasteiger partial charge in [0.2, 0.25) is 0 Å². The van der Waals surface area contributed by atoms with Crippen molar-refractivity contribution >= 4 is 34.2 Å². The minimum atomic E-state index is -0.298. The number of H-pyrrole nitrogens is 1. The number of allylic oxidation sites excluding steroid dienone is 1. The van der Waals surface area contributed by atoms with Crippen molar-refractivity contribution in [3.05, 3.63) is 99.1 Å². The normalized spacial score (nSPS) is 11.2. The molecule has 0 radical (unpaired) electrons. The third kappa shape index (κ3) is 4.48. The van der Waals surface area contributed by atoms with Crippen LogP contribution in [0, 0.1) is 11.3 Å². The van der Waals surface area contributed by atoms with Gasteiger partial charge in [-0.3, -0.25) is 4.79 Å². The number of para-hydroxylation sites is 1. The Morgan fingerprint density at radius 3 is 2.69 bits per heavy atom. The number of halogens is 1. The summed E-state index contributed by atoms with van der Waals surface area (Å²) >= 11 is 6.19. The lowest BCUT2D eigenvalue weighted by Gasteiger charge is -2.12. The number of hydrogen-bond donors (Lipinski definition) is 1. The Balaban J connectivity index is 1.63. The average Bonchev–Trinajstić information content (AvgIpc) is 2.82. The first-order chi connectivity index (χ1) is 15.6. The molecule has 0 amide bonds. The van der Waals surface area contributed by atoms with Gasteiger partial charge < -0.3 is 14.5 Å². The zero-order valence-corrected chi connectivity index (χ0v) is 17.9. The average molecular weight is 444 g/mol. The highest BCUT2D eigenvalue weighted by molar-refractivity contribution is 6.31. The number of nitrogens with one attached hydrogen (secondary N) is 1. The third-order valence-corrected chi connectivity index (χ3v) is 5.20. The Morgan fingerprint density at radius 2 is 1.91 bits per heavy atom.